The molecule has 1 N–H and O–H groups in total. The first-order valence-corrected chi connectivity index (χ1v) is 4.51. The van der Waals surface area contributed by atoms with Crippen LogP contribution in [-0.2, 0) is 0 Å². The Bertz CT molecular complexity index is 181. The molecular weight excluding hydrogens is 146 g/mol. The molecule has 1 aliphatic rings. The predicted molar refractivity (Wildman–Crippen MR) is 54.1 cm³/mol. The third-order valence-electron chi connectivity index (χ3n) is 2.11. The van der Waals surface area contributed by atoms with Crippen molar-refractivity contribution in [2.24, 2.45) is 0 Å². The molecule has 0 unspecified atom stereocenters. The van der Waals surface area contributed by atoms with Crippen molar-refractivity contribution in [2.75, 3.05) is 0 Å². The van der Waals surface area contributed by atoms with E-state index in [-0.39, 0.29) is 0 Å². The van der Waals surface area contributed by atoms with Gasteiger partial charge in [0.2, 0.25) is 0 Å². The van der Waals surface area contributed by atoms with E-state index in [2.05, 4.69) is 30.6 Å². The van der Waals surface area contributed by atoms with Gasteiger partial charge in [0.25, 0.3) is 0 Å². The van der Waals surface area contributed by atoms with Gasteiger partial charge in [0, 0.05) is 12.1 Å². The third-order valence-corrected chi connectivity index (χ3v) is 2.11. The molecule has 1 aliphatic heterocycles. The summed E-state index contributed by atoms with van der Waals surface area (Å²) in [7, 11) is 0. The van der Waals surface area contributed by atoms with Crippen LogP contribution in [-0.4, -0.2) is 12.1 Å². The number of rotatable bonds is 4. The number of nitrogens with one attached hydrogen (secondary N) is 1. The minimum Gasteiger partial charge on any atom is -0.307 e. The van der Waals surface area contributed by atoms with E-state index in [1.54, 1.807) is 0 Å². The standard InChI is InChI=1S/C11H17N/c1-3-6-10-8-5-9-11(12-10)7-4-2/h3-5,8,10-12H,1-2,6-7,9H2/t10-,11-/m0/s1. The smallest absolute Gasteiger partial charge is 0.0287 e. The zero-order valence-electron chi connectivity index (χ0n) is 7.50. The van der Waals surface area contributed by atoms with Crippen molar-refractivity contribution in [3.8, 4) is 0 Å². The lowest BCUT2D eigenvalue weighted by molar-refractivity contribution is 0.455. The predicted octanol–water partition coefficient (Wildman–Crippen LogP) is 2.43. The van der Waals surface area contributed by atoms with E-state index in [1.807, 2.05) is 12.2 Å². The van der Waals surface area contributed by atoms with Gasteiger partial charge in [-0.3, -0.25) is 0 Å². The van der Waals surface area contributed by atoms with Gasteiger partial charge in [-0.2, -0.15) is 0 Å². The fourth-order valence-electron chi connectivity index (χ4n) is 1.53. The Morgan fingerprint density at radius 1 is 1.33 bits per heavy atom. The Balaban J connectivity index is 2.38. The molecule has 0 fully saturated rings. The first-order valence-electron chi connectivity index (χ1n) is 4.51. The summed E-state index contributed by atoms with van der Waals surface area (Å²) in [4.78, 5) is 0. The Kier molecular flexibility index (Phi) is 3.81. The second-order valence-corrected chi connectivity index (χ2v) is 3.18. The molecule has 0 radical (unpaired) electrons. The lowest BCUT2D eigenvalue weighted by Gasteiger charge is -2.25. The highest BCUT2D eigenvalue weighted by atomic mass is 14.9. The molecule has 0 aromatic carbocycles. The summed E-state index contributed by atoms with van der Waals surface area (Å²) in [6.45, 7) is 7.47. The fourth-order valence-corrected chi connectivity index (χ4v) is 1.53. The molecule has 0 aliphatic carbocycles. The van der Waals surface area contributed by atoms with Crippen molar-refractivity contribution in [1.82, 2.24) is 5.32 Å². The average molecular weight is 163 g/mol. The minimum absolute atomic E-state index is 0.487. The van der Waals surface area contributed by atoms with Crippen LogP contribution in [0.15, 0.2) is 37.5 Å². The molecule has 0 aromatic rings. The van der Waals surface area contributed by atoms with Crippen LogP contribution in [0.25, 0.3) is 0 Å². The molecule has 1 heterocycles. The van der Waals surface area contributed by atoms with Crippen molar-refractivity contribution in [3.05, 3.63) is 37.5 Å². The SMILES string of the molecule is C=CC[C@H]1CC=C[C@H](CC=C)N1. The van der Waals surface area contributed by atoms with E-state index in [0.717, 1.165) is 19.3 Å². The number of hydrogen-bond acceptors (Lipinski definition) is 1. The molecule has 1 heteroatoms. The molecule has 0 saturated heterocycles. The zero-order valence-corrected chi connectivity index (χ0v) is 7.50. The molecule has 0 spiro atoms. The third kappa shape index (κ3) is 2.67. The van der Waals surface area contributed by atoms with E-state index in [1.165, 1.54) is 0 Å². The van der Waals surface area contributed by atoms with Crippen molar-refractivity contribution in [1.29, 1.82) is 0 Å². The zero-order chi connectivity index (χ0) is 8.81. The van der Waals surface area contributed by atoms with Gasteiger partial charge in [0.15, 0.2) is 0 Å². The van der Waals surface area contributed by atoms with Crippen LogP contribution in [0.5, 0.6) is 0 Å². The summed E-state index contributed by atoms with van der Waals surface area (Å²) in [5.74, 6) is 0. The van der Waals surface area contributed by atoms with Gasteiger partial charge in [-0.05, 0) is 19.3 Å². The Morgan fingerprint density at radius 2 is 2.08 bits per heavy atom. The van der Waals surface area contributed by atoms with Crippen LogP contribution in [0.3, 0.4) is 0 Å². The van der Waals surface area contributed by atoms with Gasteiger partial charge in [-0.25, -0.2) is 0 Å². The molecule has 12 heavy (non-hydrogen) atoms. The summed E-state index contributed by atoms with van der Waals surface area (Å²) in [6.07, 6.45) is 11.6. The van der Waals surface area contributed by atoms with E-state index >= 15 is 0 Å². The minimum atomic E-state index is 0.487. The van der Waals surface area contributed by atoms with Crippen LogP contribution < -0.4 is 5.32 Å². The molecule has 1 nitrogen and oxygen atoms in total. The second-order valence-electron chi connectivity index (χ2n) is 3.18. The van der Waals surface area contributed by atoms with Crippen LogP contribution in [0, 0.1) is 0 Å². The topological polar surface area (TPSA) is 12.0 Å². The highest BCUT2D eigenvalue weighted by Gasteiger charge is 2.13. The molecule has 0 bridgehead atoms. The number of hydrogen-bond donors (Lipinski definition) is 1. The van der Waals surface area contributed by atoms with Crippen molar-refractivity contribution in [3.63, 3.8) is 0 Å². The van der Waals surface area contributed by atoms with E-state index < -0.39 is 0 Å². The molecule has 2 atom stereocenters. The molecule has 0 aromatic heterocycles. The van der Waals surface area contributed by atoms with E-state index in [9.17, 15) is 0 Å². The quantitative estimate of drug-likeness (QED) is 0.628. The van der Waals surface area contributed by atoms with Gasteiger partial charge >= 0.3 is 0 Å². The highest BCUT2D eigenvalue weighted by Crippen LogP contribution is 2.10. The maximum atomic E-state index is 3.74. The van der Waals surface area contributed by atoms with Crippen molar-refractivity contribution in [2.45, 2.75) is 31.3 Å². The highest BCUT2D eigenvalue weighted by molar-refractivity contribution is 5.04. The molecule has 0 amide bonds. The van der Waals surface area contributed by atoms with Gasteiger partial charge < -0.3 is 5.32 Å². The van der Waals surface area contributed by atoms with Crippen LogP contribution in [0.2, 0.25) is 0 Å². The summed E-state index contributed by atoms with van der Waals surface area (Å²) < 4.78 is 0. The first-order chi connectivity index (χ1) is 5.86. The summed E-state index contributed by atoms with van der Waals surface area (Å²) in [5, 5.41) is 3.53. The van der Waals surface area contributed by atoms with Gasteiger partial charge in [0.1, 0.15) is 0 Å². The maximum Gasteiger partial charge on any atom is 0.0287 e. The summed E-state index contributed by atoms with van der Waals surface area (Å²) >= 11 is 0. The summed E-state index contributed by atoms with van der Waals surface area (Å²) in [5.41, 5.74) is 0. The maximum absolute atomic E-state index is 3.74. The van der Waals surface area contributed by atoms with Crippen LogP contribution in [0.1, 0.15) is 19.3 Å². The normalized spacial score (nSPS) is 28.3. The van der Waals surface area contributed by atoms with Crippen molar-refractivity contribution < 1.29 is 0 Å². The molecule has 0 saturated carbocycles. The Labute approximate surface area is 74.9 Å². The summed E-state index contributed by atoms with van der Waals surface area (Å²) in [6, 6.07) is 1.07. The second kappa shape index (κ2) is 4.94. The fraction of sp³-hybridized carbons (Fsp3) is 0.455. The van der Waals surface area contributed by atoms with Gasteiger partial charge in [-0.15, -0.1) is 13.2 Å². The monoisotopic (exact) mass is 163 g/mol. The van der Waals surface area contributed by atoms with Gasteiger partial charge in [0.05, 0.1) is 0 Å². The molecule has 66 valence electrons. The average Bonchev–Trinajstić information content (AvgIpc) is 2.06. The van der Waals surface area contributed by atoms with Crippen LogP contribution in [0.4, 0.5) is 0 Å². The van der Waals surface area contributed by atoms with E-state index in [4.69, 9.17) is 0 Å². The van der Waals surface area contributed by atoms with Crippen molar-refractivity contribution >= 4 is 0 Å². The van der Waals surface area contributed by atoms with Crippen LogP contribution >= 0.6 is 0 Å². The largest absolute Gasteiger partial charge is 0.307 e. The Hall–Kier alpha value is -0.820. The Morgan fingerprint density at radius 3 is 2.75 bits per heavy atom. The van der Waals surface area contributed by atoms with E-state index in [0.29, 0.717) is 12.1 Å². The lowest BCUT2D eigenvalue weighted by atomic mass is 10.0. The molecule has 1 rings (SSSR count). The van der Waals surface area contributed by atoms with Gasteiger partial charge in [-0.1, -0.05) is 24.3 Å². The lowest BCUT2D eigenvalue weighted by Crippen LogP contribution is -2.38. The first kappa shape index (κ1) is 9.27. The molecular formula is C11H17N.